The van der Waals surface area contributed by atoms with Gasteiger partial charge in [-0.15, -0.1) is 0 Å². The molecular formula is C20H29N5O. The maximum atomic E-state index is 12.7. The molecule has 2 aromatic rings. The van der Waals surface area contributed by atoms with Gasteiger partial charge in [-0.25, -0.2) is 4.98 Å². The van der Waals surface area contributed by atoms with Crippen LogP contribution in [0.15, 0.2) is 24.5 Å². The van der Waals surface area contributed by atoms with Crippen molar-refractivity contribution in [3.05, 3.63) is 41.3 Å². The second kappa shape index (κ2) is 7.89. The number of nitrogens with zero attached hydrogens (tertiary/aromatic N) is 5. The van der Waals surface area contributed by atoms with Crippen molar-refractivity contribution in [1.29, 1.82) is 0 Å². The molecule has 0 saturated carbocycles. The van der Waals surface area contributed by atoms with Gasteiger partial charge in [0.15, 0.2) is 0 Å². The van der Waals surface area contributed by atoms with Crippen LogP contribution in [0, 0.1) is 6.92 Å². The zero-order valence-corrected chi connectivity index (χ0v) is 16.3. The van der Waals surface area contributed by atoms with Crippen LogP contribution in [0.4, 0.5) is 5.82 Å². The molecule has 26 heavy (non-hydrogen) atoms. The Hall–Kier alpha value is -2.37. The summed E-state index contributed by atoms with van der Waals surface area (Å²) in [6.07, 6.45) is 7.25. The molecule has 2 aromatic heterocycles. The van der Waals surface area contributed by atoms with Gasteiger partial charge in [0.25, 0.3) is 0 Å². The smallest absolute Gasteiger partial charge is 0.222 e. The minimum absolute atomic E-state index is 0.250. The van der Waals surface area contributed by atoms with E-state index < -0.39 is 0 Å². The summed E-state index contributed by atoms with van der Waals surface area (Å²) >= 11 is 0. The van der Waals surface area contributed by atoms with E-state index >= 15 is 0 Å². The Morgan fingerprint density at radius 3 is 2.88 bits per heavy atom. The van der Waals surface area contributed by atoms with Gasteiger partial charge in [0, 0.05) is 58.5 Å². The molecule has 0 aromatic carbocycles. The molecule has 6 heteroatoms. The number of piperidine rings is 1. The van der Waals surface area contributed by atoms with E-state index in [0.717, 1.165) is 43.9 Å². The molecule has 1 aliphatic rings. The van der Waals surface area contributed by atoms with E-state index in [-0.39, 0.29) is 5.91 Å². The summed E-state index contributed by atoms with van der Waals surface area (Å²) in [5.74, 6) is 1.62. The number of rotatable bonds is 5. The predicted octanol–water partition coefficient (Wildman–Crippen LogP) is 2.53. The zero-order chi connectivity index (χ0) is 18.7. The predicted molar refractivity (Wildman–Crippen MR) is 103 cm³/mol. The summed E-state index contributed by atoms with van der Waals surface area (Å²) in [5, 5.41) is 4.26. The van der Waals surface area contributed by atoms with Crippen LogP contribution >= 0.6 is 0 Å². The first-order chi connectivity index (χ1) is 12.5. The molecule has 1 amide bonds. The van der Waals surface area contributed by atoms with E-state index in [9.17, 15) is 4.79 Å². The van der Waals surface area contributed by atoms with Gasteiger partial charge >= 0.3 is 0 Å². The van der Waals surface area contributed by atoms with Crippen LogP contribution in [0.25, 0.3) is 0 Å². The number of aromatic nitrogens is 3. The standard InChI is InChI=1S/C20H29N5O/c1-15-17(13-22-24(15)4)7-8-20(26)25-11-5-6-18(14-25)16-9-10-21-19(12-16)23(2)3/h9-10,12-13,18H,5-8,11,14H2,1-4H3/t18-/m0/s1. The second-order valence-electron chi connectivity index (χ2n) is 7.40. The summed E-state index contributed by atoms with van der Waals surface area (Å²) in [4.78, 5) is 21.2. The van der Waals surface area contributed by atoms with Crippen LogP contribution in [0.5, 0.6) is 0 Å². The number of carbonyl (C=O) groups excluding carboxylic acids is 1. The van der Waals surface area contributed by atoms with Crippen molar-refractivity contribution >= 4 is 11.7 Å². The van der Waals surface area contributed by atoms with E-state index in [4.69, 9.17) is 0 Å². The molecule has 0 unspecified atom stereocenters. The van der Waals surface area contributed by atoms with Gasteiger partial charge in [-0.2, -0.15) is 5.10 Å². The highest BCUT2D eigenvalue weighted by atomic mass is 16.2. The van der Waals surface area contributed by atoms with Crippen molar-refractivity contribution in [2.24, 2.45) is 7.05 Å². The molecular weight excluding hydrogens is 326 g/mol. The van der Waals surface area contributed by atoms with E-state index in [0.29, 0.717) is 12.3 Å². The zero-order valence-electron chi connectivity index (χ0n) is 16.3. The van der Waals surface area contributed by atoms with Crippen molar-refractivity contribution in [2.45, 2.75) is 38.5 Å². The summed E-state index contributed by atoms with van der Waals surface area (Å²) in [6, 6.07) is 4.24. The Labute approximate surface area is 155 Å². The highest BCUT2D eigenvalue weighted by Crippen LogP contribution is 2.28. The number of pyridine rings is 1. The normalized spacial score (nSPS) is 17.4. The van der Waals surface area contributed by atoms with E-state index in [1.807, 2.05) is 48.0 Å². The lowest BCUT2D eigenvalue weighted by atomic mass is 9.91. The molecule has 3 heterocycles. The molecule has 1 aliphatic heterocycles. The number of hydrogen-bond acceptors (Lipinski definition) is 4. The average molecular weight is 355 g/mol. The Morgan fingerprint density at radius 2 is 2.19 bits per heavy atom. The first kappa shape index (κ1) is 18.4. The molecule has 0 spiro atoms. The van der Waals surface area contributed by atoms with Crippen molar-refractivity contribution in [1.82, 2.24) is 19.7 Å². The Kier molecular flexibility index (Phi) is 5.59. The quantitative estimate of drug-likeness (QED) is 0.827. The van der Waals surface area contributed by atoms with Crippen LogP contribution in [0.3, 0.4) is 0 Å². The summed E-state index contributed by atoms with van der Waals surface area (Å²) in [5.41, 5.74) is 3.59. The molecule has 0 N–H and O–H groups in total. The number of amides is 1. The Morgan fingerprint density at radius 1 is 1.38 bits per heavy atom. The Balaban J connectivity index is 1.61. The summed E-state index contributed by atoms with van der Waals surface area (Å²) < 4.78 is 1.86. The second-order valence-corrected chi connectivity index (χ2v) is 7.40. The third-order valence-corrected chi connectivity index (χ3v) is 5.42. The minimum Gasteiger partial charge on any atom is -0.363 e. The van der Waals surface area contributed by atoms with Gasteiger partial charge < -0.3 is 9.80 Å². The van der Waals surface area contributed by atoms with Gasteiger partial charge in [-0.05, 0) is 49.4 Å². The van der Waals surface area contributed by atoms with Gasteiger partial charge in [0.05, 0.1) is 6.20 Å². The lowest BCUT2D eigenvalue weighted by Crippen LogP contribution is -2.39. The summed E-state index contributed by atoms with van der Waals surface area (Å²) in [7, 11) is 5.94. The molecule has 6 nitrogen and oxygen atoms in total. The van der Waals surface area contributed by atoms with Crippen molar-refractivity contribution in [3.8, 4) is 0 Å². The Bertz CT molecular complexity index is 767. The van der Waals surface area contributed by atoms with Crippen LogP contribution in [-0.2, 0) is 18.3 Å². The number of hydrogen-bond donors (Lipinski definition) is 0. The molecule has 1 saturated heterocycles. The highest BCUT2D eigenvalue weighted by Gasteiger charge is 2.25. The fourth-order valence-electron chi connectivity index (χ4n) is 3.60. The number of anilines is 1. The van der Waals surface area contributed by atoms with Crippen molar-refractivity contribution < 1.29 is 4.79 Å². The van der Waals surface area contributed by atoms with Gasteiger partial charge in [0.1, 0.15) is 5.82 Å². The highest BCUT2D eigenvalue weighted by molar-refractivity contribution is 5.76. The van der Waals surface area contributed by atoms with Crippen molar-refractivity contribution in [3.63, 3.8) is 0 Å². The molecule has 1 fully saturated rings. The molecule has 0 bridgehead atoms. The maximum Gasteiger partial charge on any atom is 0.222 e. The van der Waals surface area contributed by atoms with Gasteiger partial charge in [0.2, 0.25) is 5.91 Å². The van der Waals surface area contributed by atoms with Crippen molar-refractivity contribution in [2.75, 3.05) is 32.1 Å². The third-order valence-electron chi connectivity index (χ3n) is 5.42. The molecule has 0 aliphatic carbocycles. The molecule has 140 valence electrons. The van der Waals surface area contributed by atoms with E-state index in [1.54, 1.807) is 0 Å². The van der Waals surface area contributed by atoms with Gasteiger partial charge in [-0.3, -0.25) is 9.48 Å². The third kappa shape index (κ3) is 4.06. The SMILES string of the molecule is Cc1c(CCC(=O)N2CCC[C@H](c3ccnc(N(C)C)c3)C2)cnn1C. The van der Waals surface area contributed by atoms with Crippen LogP contribution in [-0.4, -0.2) is 52.8 Å². The minimum atomic E-state index is 0.250. The lowest BCUT2D eigenvalue weighted by Gasteiger charge is -2.33. The number of carbonyl (C=O) groups is 1. The number of likely N-dealkylation sites (tertiary alicyclic amines) is 1. The monoisotopic (exact) mass is 355 g/mol. The molecule has 1 atom stereocenters. The number of aryl methyl sites for hydroxylation is 2. The first-order valence-electron chi connectivity index (χ1n) is 9.34. The summed E-state index contributed by atoms with van der Waals surface area (Å²) in [6.45, 7) is 3.73. The van der Waals surface area contributed by atoms with Gasteiger partial charge in [-0.1, -0.05) is 0 Å². The maximum absolute atomic E-state index is 12.7. The molecule has 3 rings (SSSR count). The van der Waals surface area contributed by atoms with Crippen LogP contribution in [0.1, 0.15) is 42.0 Å². The fourth-order valence-corrected chi connectivity index (χ4v) is 3.60. The lowest BCUT2D eigenvalue weighted by molar-refractivity contribution is -0.132. The molecule has 0 radical (unpaired) electrons. The largest absolute Gasteiger partial charge is 0.363 e. The first-order valence-corrected chi connectivity index (χ1v) is 9.34. The van der Waals surface area contributed by atoms with Crippen LogP contribution < -0.4 is 4.90 Å². The van der Waals surface area contributed by atoms with E-state index in [2.05, 4.69) is 29.1 Å². The van der Waals surface area contributed by atoms with E-state index in [1.165, 1.54) is 11.1 Å². The van der Waals surface area contributed by atoms with Crippen LogP contribution in [0.2, 0.25) is 0 Å². The topological polar surface area (TPSA) is 54.3 Å². The average Bonchev–Trinajstić information content (AvgIpc) is 2.98. The fraction of sp³-hybridized carbons (Fsp3) is 0.550.